The van der Waals surface area contributed by atoms with Crippen LogP contribution in [0.1, 0.15) is 82.7 Å². The van der Waals surface area contributed by atoms with Crippen molar-refractivity contribution >= 4 is 34.0 Å². The van der Waals surface area contributed by atoms with Crippen molar-refractivity contribution in [1.82, 2.24) is 9.78 Å². The number of carbonyl (C=O) groups is 2. The average Bonchev–Trinajstić information content (AvgIpc) is 3.53. The smallest absolute Gasteiger partial charge is 0.410 e. The van der Waals surface area contributed by atoms with E-state index in [1.165, 1.54) is 23.7 Å². The van der Waals surface area contributed by atoms with E-state index < -0.39 is 30.1 Å². The third kappa shape index (κ3) is 4.74. The van der Waals surface area contributed by atoms with Crippen LogP contribution in [0.15, 0.2) is 28.9 Å². The number of primary amides is 1. The molecule has 1 aliphatic heterocycles. The molecule has 12 heteroatoms. The van der Waals surface area contributed by atoms with E-state index in [-0.39, 0.29) is 28.9 Å². The second kappa shape index (κ2) is 8.93. The SMILES string of the molecule is CC(C)(C)[C@H]1CCc2c(sc(NC(=O)c3cc4n(n3)[C@H](C(F)(F)F)C[C@H](c3ccco3)N4)c2C(N)=O)C1. The largest absolute Gasteiger partial charge is 0.467 e. The monoisotopic (exact) mass is 535 g/mol. The second-order valence-electron chi connectivity index (χ2n) is 10.7. The predicted octanol–water partition coefficient (Wildman–Crippen LogP) is 5.70. The number of thiophene rings is 1. The third-order valence-electron chi connectivity index (χ3n) is 7.27. The summed E-state index contributed by atoms with van der Waals surface area (Å²) in [7, 11) is 0. The molecule has 8 nitrogen and oxygen atoms in total. The number of carbonyl (C=O) groups excluding carboxylic acids is 2. The van der Waals surface area contributed by atoms with Crippen molar-refractivity contribution in [1.29, 1.82) is 0 Å². The van der Waals surface area contributed by atoms with Crippen LogP contribution < -0.4 is 16.4 Å². The fraction of sp³-hybridized carbons (Fsp3) is 0.480. The molecule has 5 rings (SSSR count). The van der Waals surface area contributed by atoms with E-state index in [0.29, 0.717) is 23.1 Å². The molecule has 0 bridgehead atoms. The van der Waals surface area contributed by atoms with Gasteiger partial charge in [0.25, 0.3) is 11.8 Å². The van der Waals surface area contributed by atoms with E-state index in [0.717, 1.165) is 28.0 Å². The average molecular weight is 536 g/mol. The Morgan fingerprint density at radius 2 is 2.05 bits per heavy atom. The van der Waals surface area contributed by atoms with Crippen molar-refractivity contribution in [3.8, 4) is 0 Å². The lowest BCUT2D eigenvalue weighted by Crippen LogP contribution is -2.35. The van der Waals surface area contributed by atoms with E-state index in [1.807, 2.05) is 0 Å². The number of furan rings is 1. The normalized spacial score (nSPS) is 21.6. The number of hydrogen-bond acceptors (Lipinski definition) is 6. The third-order valence-corrected chi connectivity index (χ3v) is 8.44. The minimum atomic E-state index is -4.59. The van der Waals surface area contributed by atoms with Gasteiger partial charge in [0.1, 0.15) is 16.6 Å². The molecule has 0 radical (unpaired) electrons. The molecule has 3 aromatic rings. The van der Waals surface area contributed by atoms with Crippen molar-refractivity contribution in [2.75, 3.05) is 10.6 Å². The molecule has 37 heavy (non-hydrogen) atoms. The summed E-state index contributed by atoms with van der Waals surface area (Å²) in [6.07, 6.45) is -1.20. The number of anilines is 2. The Bertz CT molecular complexity index is 1340. The molecule has 3 atom stereocenters. The summed E-state index contributed by atoms with van der Waals surface area (Å²) >= 11 is 1.30. The van der Waals surface area contributed by atoms with Gasteiger partial charge in [0.2, 0.25) is 0 Å². The Labute approximate surface area is 215 Å². The van der Waals surface area contributed by atoms with Crippen LogP contribution in [0.25, 0.3) is 0 Å². The first-order valence-corrected chi connectivity index (χ1v) is 12.9. The van der Waals surface area contributed by atoms with Gasteiger partial charge in [0, 0.05) is 17.4 Å². The Kier molecular flexibility index (Phi) is 6.12. The lowest BCUT2D eigenvalue weighted by atomic mass is 9.72. The highest BCUT2D eigenvalue weighted by Crippen LogP contribution is 2.45. The van der Waals surface area contributed by atoms with Crippen LogP contribution in [-0.2, 0) is 12.8 Å². The molecule has 0 saturated heterocycles. The van der Waals surface area contributed by atoms with E-state index in [1.54, 1.807) is 12.1 Å². The number of fused-ring (bicyclic) bond motifs is 2. The van der Waals surface area contributed by atoms with Gasteiger partial charge < -0.3 is 20.8 Å². The van der Waals surface area contributed by atoms with Gasteiger partial charge in [-0.15, -0.1) is 11.3 Å². The molecular formula is C25H28F3N5O3S. The van der Waals surface area contributed by atoms with E-state index in [4.69, 9.17) is 10.2 Å². The van der Waals surface area contributed by atoms with E-state index in [2.05, 4.69) is 36.5 Å². The summed E-state index contributed by atoms with van der Waals surface area (Å²) < 4.78 is 47.8. The fourth-order valence-electron chi connectivity index (χ4n) is 5.20. The number of nitrogens with two attached hydrogens (primary N) is 1. The molecule has 2 amide bonds. The maximum atomic E-state index is 13.9. The molecule has 0 unspecified atom stereocenters. The predicted molar refractivity (Wildman–Crippen MR) is 133 cm³/mol. The molecule has 0 spiro atoms. The van der Waals surface area contributed by atoms with Crippen molar-refractivity contribution in [3.05, 3.63) is 51.9 Å². The topological polar surface area (TPSA) is 115 Å². The van der Waals surface area contributed by atoms with E-state index >= 15 is 0 Å². The standard InChI is InChI=1S/C25H28F3N5O3S/c1-24(2,3)12-6-7-13-17(9-12)37-23(20(13)21(29)34)31-22(35)15-11-19-30-14(16-5-4-8-36-16)10-18(25(26,27)28)33(19)32-15/h4-5,8,11-12,14,18,30H,6-7,9-10H2,1-3H3,(H2,29,34)(H,31,35)/t12-,14+,18-/m0/s1. The van der Waals surface area contributed by atoms with Gasteiger partial charge in [-0.1, -0.05) is 20.8 Å². The van der Waals surface area contributed by atoms with Gasteiger partial charge in [-0.2, -0.15) is 18.3 Å². The van der Waals surface area contributed by atoms with Gasteiger partial charge in [-0.3, -0.25) is 9.59 Å². The summed E-state index contributed by atoms with van der Waals surface area (Å²) in [5.41, 5.74) is 6.68. The molecule has 4 heterocycles. The van der Waals surface area contributed by atoms with Gasteiger partial charge >= 0.3 is 6.18 Å². The summed E-state index contributed by atoms with van der Waals surface area (Å²) in [5, 5.41) is 9.97. The van der Waals surface area contributed by atoms with Gasteiger partial charge in [-0.05, 0) is 48.3 Å². The fourth-order valence-corrected chi connectivity index (χ4v) is 6.53. The maximum Gasteiger partial charge on any atom is 0.410 e. The lowest BCUT2D eigenvalue weighted by molar-refractivity contribution is -0.174. The summed E-state index contributed by atoms with van der Waals surface area (Å²) in [6.45, 7) is 6.52. The number of nitrogens with zero attached hydrogens (tertiary/aromatic N) is 2. The molecule has 0 fully saturated rings. The number of aromatic nitrogens is 2. The Morgan fingerprint density at radius 3 is 2.68 bits per heavy atom. The number of rotatable bonds is 4. The second-order valence-corrected chi connectivity index (χ2v) is 11.8. The van der Waals surface area contributed by atoms with E-state index in [9.17, 15) is 22.8 Å². The Balaban J connectivity index is 1.44. The zero-order valence-electron chi connectivity index (χ0n) is 20.6. The number of halogens is 3. The van der Waals surface area contributed by atoms with Crippen LogP contribution >= 0.6 is 11.3 Å². The highest BCUT2D eigenvalue weighted by molar-refractivity contribution is 7.17. The van der Waals surface area contributed by atoms with Crippen LogP contribution in [0.4, 0.5) is 24.0 Å². The molecule has 4 N–H and O–H groups in total. The molecular weight excluding hydrogens is 507 g/mol. The molecule has 3 aromatic heterocycles. The quantitative estimate of drug-likeness (QED) is 0.396. The molecule has 1 aliphatic carbocycles. The first-order chi connectivity index (χ1) is 17.3. The first kappa shape index (κ1) is 25.4. The summed E-state index contributed by atoms with van der Waals surface area (Å²) in [4.78, 5) is 26.5. The highest BCUT2D eigenvalue weighted by Gasteiger charge is 2.47. The van der Waals surface area contributed by atoms with Gasteiger partial charge in [0.15, 0.2) is 11.7 Å². The van der Waals surface area contributed by atoms with Crippen LogP contribution in [0.3, 0.4) is 0 Å². The number of nitrogens with one attached hydrogen (secondary N) is 2. The minimum absolute atomic E-state index is 0.0498. The van der Waals surface area contributed by atoms with Gasteiger partial charge in [0.05, 0.1) is 17.9 Å². The summed E-state index contributed by atoms with van der Waals surface area (Å²) in [5.74, 6) is -0.542. The zero-order valence-corrected chi connectivity index (χ0v) is 21.4. The molecule has 2 aliphatic rings. The first-order valence-electron chi connectivity index (χ1n) is 12.0. The van der Waals surface area contributed by atoms with Crippen LogP contribution in [0.2, 0.25) is 0 Å². The molecule has 0 saturated carbocycles. The number of alkyl halides is 3. The number of hydrogen-bond donors (Lipinski definition) is 3. The van der Waals surface area contributed by atoms with Crippen molar-refractivity contribution in [3.63, 3.8) is 0 Å². The van der Waals surface area contributed by atoms with Crippen LogP contribution in [0, 0.1) is 11.3 Å². The highest BCUT2D eigenvalue weighted by atomic mass is 32.1. The minimum Gasteiger partial charge on any atom is -0.467 e. The zero-order chi connectivity index (χ0) is 26.7. The lowest BCUT2D eigenvalue weighted by Gasteiger charge is -2.33. The summed E-state index contributed by atoms with van der Waals surface area (Å²) in [6, 6.07) is 1.80. The Hall–Kier alpha value is -3.28. The van der Waals surface area contributed by atoms with Crippen molar-refractivity contribution in [2.45, 2.75) is 64.7 Å². The van der Waals surface area contributed by atoms with Crippen LogP contribution in [-0.4, -0.2) is 27.8 Å². The molecule has 198 valence electrons. The Morgan fingerprint density at radius 1 is 1.30 bits per heavy atom. The molecule has 0 aromatic carbocycles. The van der Waals surface area contributed by atoms with Crippen LogP contribution in [0.5, 0.6) is 0 Å². The van der Waals surface area contributed by atoms with Gasteiger partial charge in [-0.25, -0.2) is 4.68 Å². The maximum absolute atomic E-state index is 13.9. The van der Waals surface area contributed by atoms with Crippen molar-refractivity contribution in [2.24, 2.45) is 17.1 Å². The van der Waals surface area contributed by atoms with Crippen molar-refractivity contribution < 1.29 is 27.2 Å². The number of amides is 2.